The zero-order chi connectivity index (χ0) is 11.4. The molecule has 0 atom stereocenters. The smallest absolute Gasteiger partial charge is 0.294 e. The summed E-state index contributed by atoms with van der Waals surface area (Å²) >= 11 is 3.17. The Morgan fingerprint density at radius 2 is 2.27 bits per heavy atom. The Bertz CT molecular complexity index is 404. The standard InChI is InChI=1S/C9H10BrN3O2/c1-12(2)4-3-7-5-9(10)11-6-8(7)13(14)15/h3-6H,1-2H3/b4-3+. The molecule has 0 unspecified atom stereocenters. The van der Waals surface area contributed by atoms with Gasteiger partial charge in [-0.2, -0.15) is 0 Å². The van der Waals surface area contributed by atoms with E-state index < -0.39 is 4.92 Å². The first-order chi connectivity index (χ1) is 7.00. The SMILES string of the molecule is CN(C)/C=C/c1cc(Br)ncc1[N+](=O)[O-]. The van der Waals surface area contributed by atoms with E-state index >= 15 is 0 Å². The van der Waals surface area contributed by atoms with Crippen LogP contribution in [0.3, 0.4) is 0 Å². The molecule has 1 heterocycles. The Hall–Kier alpha value is -1.43. The second kappa shape index (κ2) is 4.88. The van der Waals surface area contributed by atoms with Crippen LogP contribution in [0.2, 0.25) is 0 Å². The van der Waals surface area contributed by atoms with Gasteiger partial charge in [-0.1, -0.05) is 0 Å². The first-order valence-electron chi connectivity index (χ1n) is 4.15. The highest BCUT2D eigenvalue weighted by Gasteiger charge is 2.12. The molecule has 15 heavy (non-hydrogen) atoms. The molecule has 0 aliphatic heterocycles. The molecule has 0 aliphatic carbocycles. The number of aromatic nitrogens is 1. The lowest BCUT2D eigenvalue weighted by atomic mass is 10.2. The fraction of sp³-hybridized carbons (Fsp3) is 0.222. The van der Waals surface area contributed by atoms with E-state index in [-0.39, 0.29) is 5.69 Å². The maximum atomic E-state index is 10.7. The highest BCUT2D eigenvalue weighted by Crippen LogP contribution is 2.21. The fourth-order valence-corrected chi connectivity index (χ4v) is 1.30. The molecule has 0 saturated carbocycles. The normalized spacial score (nSPS) is 10.6. The summed E-state index contributed by atoms with van der Waals surface area (Å²) in [6, 6.07) is 1.61. The first kappa shape index (κ1) is 11.6. The van der Waals surface area contributed by atoms with Crippen molar-refractivity contribution in [3.05, 3.63) is 38.7 Å². The summed E-state index contributed by atoms with van der Waals surface area (Å²) < 4.78 is 0.575. The molecule has 0 N–H and O–H groups in total. The van der Waals surface area contributed by atoms with Crippen molar-refractivity contribution in [3.8, 4) is 0 Å². The molecule has 1 rings (SSSR count). The second-order valence-electron chi connectivity index (χ2n) is 3.10. The van der Waals surface area contributed by atoms with Crippen molar-refractivity contribution in [2.24, 2.45) is 0 Å². The van der Waals surface area contributed by atoms with E-state index in [0.29, 0.717) is 10.2 Å². The fourth-order valence-electron chi connectivity index (χ4n) is 0.952. The summed E-state index contributed by atoms with van der Waals surface area (Å²) in [6.07, 6.45) is 4.65. The van der Waals surface area contributed by atoms with Crippen molar-refractivity contribution >= 4 is 27.7 Å². The van der Waals surface area contributed by atoms with Crippen molar-refractivity contribution in [1.29, 1.82) is 0 Å². The van der Waals surface area contributed by atoms with Crippen molar-refractivity contribution < 1.29 is 4.92 Å². The molecule has 0 spiro atoms. The van der Waals surface area contributed by atoms with E-state index in [0.717, 1.165) is 0 Å². The van der Waals surface area contributed by atoms with Gasteiger partial charge in [0.25, 0.3) is 5.69 Å². The summed E-state index contributed by atoms with van der Waals surface area (Å²) in [7, 11) is 3.69. The van der Waals surface area contributed by atoms with E-state index in [2.05, 4.69) is 20.9 Å². The first-order valence-corrected chi connectivity index (χ1v) is 4.94. The maximum absolute atomic E-state index is 10.7. The lowest BCUT2D eigenvalue weighted by Crippen LogP contribution is -2.00. The van der Waals surface area contributed by atoms with Crippen LogP contribution >= 0.6 is 15.9 Å². The molecule has 0 aromatic carbocycles. The van der Waals surface area contributed by atoms with Gasteiger partial charge in [0.15, 0.2) is 0 Å². The number of halogens is 1. The molecule has 0 radical (unpaired) electrons. The van der Waals surface area contributed by atoms with Gasteiger partial charge in [-0.25, -0.2) is 4.98 Å². The number of nitrogens with zero attached hydrogens (tertiary/aromatic N) is 3. The molecule has 6 heteroatoms. The number of pyridine rings is 1. The lowest BCUT2D eigenvalue weighted by Gasteiger charge is -2.03. The Balaban J connectivity index is 3.13. The van der Waals surface area contributed by atoms with Crippen LogP contribution in [-0.4, -0.2) is 28.9 Å². The molecule has 0 bridgehead atoms. The Labute approximate surface area is 95.7 Å². The van der Waals surface area contributed by atoms with Gasteiger partial charge in [0, 0.05) is 14.1 Å². The lowest BCUT2D eigenvalue weighted by molar-refractivity contribution is -0.385. The van der Waals surface area contributed by atoms with Gasteiger partial charge in [0.1, 0.15) is 10.8 Å². The number of rotatable bonds is 3. The second-order valence-corrected chi connectivity index (χ2v) is 3.91. The van der Waals surface area contributed by atoms with Crippen molar-refractivity contribution in [1.82, 2.24) is 9.88 Å². The van der Waals surface area contributed by atoms with E-state index in [1.807, 2.05) is 14.1 Å². The monoisotopic (exact) mass is 271 g/mol. The van der Waals surface area contributed by atoms with E-state index in [4.69, 9.17) is 0 Å². The summed E-state index contributed by atoms with van der Waals surface area (Å²) in [6.45, 7) is 0. The van der Waals surface area contributed by atoms with Crippen molar-refractivity contribution in [2.45, 2.75) is 0 Å². The van der Waals surface area contributed by atoms with Gasteiger partial charge in [-0.15, -0.1) is 0 Å². The zero-order valence-corrected chi connectivity index (χ0v) is 9.93. The summed E-state index contributed by atoms with van der Waals surface area (Å²) in [5, 5.41) is 10.7. The van der Waals surface area contributed by atoms with Crippen LogP contribution in [0, 0.1) is 10.1 Å². The average Bonchev–Trinajstić information content (AvgIpc) is 2.14. The largest absolute Gasteiger partial charge is 0.383 e. The summed E-state index contributed by atoms with van der Waals surface area (Å²) in [5.74, 6) is 0. The van der Waals surface area contributed by atoms with Gasteiger partial charge < -0.3 is 4.90 Å². The van der Waals surface area contributed by atoms with Crippen LogP contribution in [0.4, 0.5) is 5.69 Å². The highest BCUT2D eigenvalue weighted by molar-refractivity contribution is 9.10. The molecule has 1 aromatic heterocycles. The number of hydrogen-bond acceptors (Lipinski definition) is 4. The molecule has 1 aromatic rings. The molecule has 0 fully saturated rings. The number of nitro groups is 1. The van der Waals surface area contributed by atoms with Gasteiger partial charge in [-0.05, 0) is 34.3 Å². The quantitative estimate of drug-likeness (QED) is 0.481. The summed E-state index contributed by atoms with van der Waals surface area (Å²) in [4.78, 5) is 15.9. The topological polar surface area (TPSA) is 59.3 Å². The Morgan fingerprint density at radius 3 is 2.80 bits per heavy atom. The third-order valence-electron chi connectivity index (χ3n) is 1.63. The molecule has 0 amide bonds. The molecular weight excluding hydrogens is 262 g/mol. The van der Waals surface area contributed by atoms with Crippen LogP contribution in [0.15, 0.2) is 23.1 Å². The van der Waals surface area contributed by atoms with Gasteiger partial charge >= 0.3 is 0 Å². The van der Waals surface area contributed by atoms with Crippen LogP contribution < -0.4 is 0 Å². The minimum absolute atomic E-state index is 0.00343. The molecule has 0 saturated heterocycles. The van der Waals surface area contributed by atoms with Crippen molar-refractivity contribution in [2.75, 3.05) is 14.1 Å². The molecule has 5 nitrogen and oxygen atoms in total. The van der Waals surface area contributed by atoms with Crippen LogP contribution in [0.5, 0.6) is 0 Å². The van der Waals surface area contributed by atoms with E-state index in [9.17, 15) is 10.1 Å². The average molecular weight is 272 g/mol. The van der Waals surface area contributed by atoms with Gasteiger partial charge in [0.2, 0.25) is 0 Å². The van der Waals surface area contributed by atoms with Crippen LogP contribution in [0.1, 0.15) is 5.56 Å². The van der Waals surface area contributed by atoms with Crippen molar-refractivity contribution in [3.63, 3.8) is 0 Å². The van der Waals surface area contributed by atoms with E-state index in [1.165, 1.54) is 6.20 Å². The molecular formula is C9H10BrN3O2. The molecule has 0 aliphatic rings. The van der Waals surface area contributed by atoms with Gasteiger partial charge in [-0.3, -0.25) is 10.1 Å². The maximum Gasteiger partial charge on any atom is 0.294 e. The Kier molecular flexibility index (Phi) is 3.79. The zero-order valence-electron chi connectivity index (χ0n) is 8.35. The molecule has 80 valence electrons. The minimum atomic E-state index is -0.450. The third-order valence-corrected chi connectivity index (χ3v) is 2.06. The Morgan fingerprint density at radius 1 is 1.60 bits per heavy atom. The summed E-state index contributed by atoms with van der Waals surface area (Å²) in [5.41, 5.74) is 0.520. The minimum Gasteiger partial charge on any atom is -0.383 e. The van der Waals surface area contributed by atoms with Crippen LogP contribution in [-0.2, 0) is 0 Å². The predicted molar refractivity (Wildman–Crippen MR) is 61.3 cm³/mol. The number of hydrogen-bond donors (Lipinski definition) is 0. The van der Waals surface area contributed by atoms with Gasteiger partial charge in [0.05, 0.1) is 10.5 Å². The predicted octanol–water partition coefficient (Wildman–Crippen LogP) is 2.28. The highest BCUT2D eigenvalue weighted by atomic mass is 79.9. The van der Waals surface area contributed by atoms with Crippen LogP contribution in [0.25, 0.3) is 6.08 Å². The third kappa shape index (κ3) is 3.32. The van der Waals surface area contributed by atoms with E-state index in [1.54, 1.807) is 23.2 Å².